The summed E-state index contributed by atoms with van der Waals surface area (Å²) in [5.74, 6) is 0. The second kappa shape index (κ2) is 12.3. The summed E-state index contributed by atoms with van der Waals surface area (Å²) in [6.07, 6.45) is -0.799. The molecule has 0 aliphatic heterocycles. The number of carbonyl (C=O) groups is 1. The van der Waals surface area contributed by atoms with E-state index < -0.39 is 21.1 Å². The highest BCUT2D eigenvalue weighted by atomic mass is 31.2. The van der Waals surface area contributed by atoms with E-state index in [9.17, 15) is 9.36 Å². The third-order valence-corrected chi connectivity index (χ3v) is 11.5. The van der Waals surface area contributed by atoms with Gasteiger partial charge in [0.25, 0.3) is 0 Å². The maximum Gasteiger partial charge on any atom is 0.443 e. The first-order chi connectivity index (χ1) is 16.5. The zero-order chi connectivity index (χ0) is 24.4. The zero-order valence-corrected chi connectivity index (χ0v) is 21.7. The van der Waals surface area contributed by atoms with Crippen LogP contribution in [0.1, 0.15) is 20.8 Å². The van der Waals surface area contributed by atoms with Crippen LogP contribution < -0.4 is 15.9 Å². The largest absolute Gasteiger partial charge is 0.448 e. The molecule has 0 saturated carbocycles. The average molecular weight is 500 g/mol. The summed E-state index contributed by atoms with van der Waals surface area (Å²) in [7, 11) is -6.52. The van der Waals surface area contributed by atoms with Crippen LogP contribution in [-0.2, 0) is 18.3 Å². The van der Waals surface area contributed by atoms with Crippen LogP contribution in [0.4, 0.5) is 4.79 Å². The standard InChI is InChI=1S/C26H32NO5P2/c1-4-30-26(28)27(22-33(29,31-5-2)32-6-3)34(23-16-10-7-11-17-23,24-18-12-8-13-19-24)25-20-14-9-15-21-25/h7-21H,4-6,22H2,1-3H3/q+1. The van der Waals surface area contributed by atoms with Gasteiger partial charge in [0, 0.05) is 0 Å². The second-order valence-corrected chi connectivity index (χ2v) is 12.7. The lowest BCUT2D eigenvalue weighted by Crippen LogP contribution is -2.47. The Morgan fingerprint density at radius 3 is 1.41 bits per heavy atom. The molecule has 3 aromatic carbocycles. The number of hydrogen-bond donors (Lipinski definition) is 0. The zero-order valence-electron chi connectivity index (χ0n) is 19.9. The van der Waals surface area contributed by atoms with Crippen molar-refractivity contribution < 1.29 is 23.1 Å². The number of amides is 1. The van der Waals surface area contributed by atoms with Gasteiger partial charge >= 0.3 is 13.7 Å². The Labute approximate surface area is 202 Å². The SMILES string of the molecule is CCOC(=O)N(CP(=O)(OCC)OCC)[P+](c1ccccc1)(c1ccccc1)c1ccccc1. The first-order valence-electron chi connectivity index (χ1n) is 11.4. The van der Waals surface area contributed by atoms with Gasteiger partial charge in [0.1, 0.15) is 15.9 Å². The Morgan fingerprint density at radius 2 is 1.09 bits per heavy atom. The molecule has 6 nitrogen and oxygen atoms in total. The van der Waals surface area contributed by atoms with Crippen LogP contribution in [0.25, 0.3) is 0 Å². The molecule has 0 aliphatic carbocycles. The predicted octanol–water partition coefficient (Wildman–Crippen LogP) is 5.58. The maximum absolute atomic E-state index is 13.8. The molecule has 0 atom stereocenters. The molecule has 8 heteroatoms. The first-order valence-corrected chi connectivity index (χ1v) is 14.9. The van der Waals surface area contributed by atoms with Gasteiger partial charge in [-0.25, -0.2) is 4.79 Å². The average Bonchev–Trinajstić information content (AvgIpc) is 2.86. The number of benzene rings is 3. The van der Waals surface area contributed by atoms with Crippen LogP contribution in [0.2, 0.25) is 0 Å². The molecule has 0 saturated heterocycles. The summed E-state index contributed by atoms with van der Waals surface area (Å²) < 4.78 is 32.2. The number of nitrogens with zero attached hydrogens (tertiary/aromatic N) is 1. The van der Waals surface area contributed by atoms with Crippen LogP contribution >= 0.6 is 15.0 Å². The highest BCUT2D eigenvalue weighted by Gasteiger charge is 2.57. The third-order valence-electron chi connectivity index (χ3n) is 5.19. The summed E-state index contributed by atoms with van der Waals surface area (Å²) in [5, 5.41) is 2.79. The Kier molecular flexibility index (Phi) is 9.44. The number of carbonyl (C=O) groups excluding carboxylic acids is 1. The normalized spacial score (nSPS) is 11.7. The van der Waals surface area contributed by atoms with Crippen molar-refractivity contribution in [1.82, 2.24) is 4.67 Å². The van der Waals surface area contributed by atoms with Crippen molar-refractivity contribution in [3.8, 4) is 0 Å². The molecule has 0 fully saturated rings. The fourth-order valence-electron chi connectivity index (χ4n) is 3.95. The minimum atomic E-state index is -3.66. The van der Waals surface area contributed by atoms with Crippen LogP contribution in [0.5, 0.6) is 0 Å². The molecule has 0 aliphatic rings. The lowest BCUT2D eigenvalue weighted by atomic mass is 10.4. The van der Waals surface area contributed by atoms with Crippen molar-refractivity contribution in [3.63, 3.8) is 0 Å². The first kappa shape index (κ1) is 26.1. The smallest absolute Gasteiger partial charge is 0.443 e. The Morgan fingerprint density at radius 1 is 0.706 bits per heavy atom. The Bertz CT molecular complexity index is 973. The fourth-order valence-corrected chi connectivity index (χ4v) is 10.5. The number of rotatable bonds is 11. The highest BCUT2D eigenvalue weighted by Crippen LogP contribution is 2.63. The molecule has 34 heavy (non-hydrogen) atoms. The van der Waals surface area contributed by atoms with Gasteiger partial charge in [-0.1, -0.05) is 54.6 Å². The Balaban J connectivity index is 2.39. The Hall–Kier alpha value is -2.49. The van der Waals surface area contributed by atoms with E-state index in [0.717, 1.165) is 15.9 Å². The molecule has 3 rings (SSSR count). The van der Waals surface area contributed by atoms with Crippen molar-refractivity contribution in [3.05, 3.63) is 91.0 Å². The van der Waals surface area contributed by atoms with E-state index in [2.05, 4.69) is 0 Å². The monoisotopic (exact) mass is 500 g/mol. The van der Waals surface area contributed by atoms with Crippen molar-refractivity contribution in [1.29, 1.82) is 0 Å². The molecule has 0 bridgehead atoms. The molecule has 1 amide bonds. The van der Waals surface area contributed by atoms with E-state index in [1.807, 2.05) is 91.0 Å². The van der Waals surface area contributed by atoms with E-state index in [1.54, 1.807) is 25.4 Å². The minimum Gasteiger partial charge on any atom is -0.448 e. The van der Waals surface area contributed by atoms with E-state index in [4.69, 9.17) is 13.8 Å². The van der Waals surface area contributed by atoms with Crippen LogP contribution in [-0.4, -0.2) is 36.9 Å². The van der Waals surface area contributed by atoms with Gasteiger partial charge in [-0.2, -0.15) is 4.67 Å². The molecule has 0 radical (unpaired) electrons. The van der Waals surface area contributed by atoms with Crippen molar-refractivity contribution in [2.24, 2.45) is 0 Å². The molecule has 0 heterocycles. The summed E-state index contributed by atoms with van der Waals surface area (Å²) in [5.41, 5.74) is 0. The van der Waals surface area contributed by atoms with Gasteiger partial charge in [-0.15, -0.1) is 0 Å². The van der Waals surface area contributed by atoms with E-state index in [0.29, 0.717) is 0 Å². The van der Waals surface area contributed by atoms with Gasteiger partial charge < -0.3 is 13.8 Å². The number of ether oxygens (including phenoxy) is 1. The van der Waals surface area contributed by atoms with Gasteiger partial charge in [-0.3, -0.25) is 4.57 Å². The van der Waals surface area contributed by atoms with Crippen LogP contribution in [0, 0.1) is 0 Å². The fraction of sp³-hybridized carbons (Fsp3) is 0.269. The molecule has 180 valence electrons. The van der Waals surface area contributed by atoms with Crippen molar-refractivity contribution in [2.75, 3.05) is 26.1 Å². The minimum absolute atomic E-state index is 0.182. The summed E-state index contributed by atoms with van der Waals surface area (Å²) in [6.45, 7) is 5.85. The van der Waals surface area contributed by atoms with Crippen molar-refractivity contribution in [2.45, 2.75) is 20.8 Å². The van der Waals surface area contributed by atoms with Gasteiger partial charge in [0.15, 0.2) is 6.29 Å². The van der Waals surface area contributed by atoms with Crippen molar-refractivity contribution >= 4 is 37.0 Å². The lowest BCUT2D eigenvalue weighted by Gasteiger charge is -2.36. The van der Waals surface area contributed by atoms with Gasteiger partial charge in [0.2, 0.25) is 7.41 Å². The van der Waals surface area contributed by atoms with E-state index >= 15 is 0 Å². The summed E-state index contributed by atoms with van der Waals surface area (Å²) in [6, 6.07) is 29.5. The third kappa shape index (κ3) is 5.59. The topological polar surface area (TPSA) is 65.1 Å². The summed E-state index contributed by atoms with van der Waals surface area (Å²) >= 11 is 0. The number of hydrogen-bond acceptors (Lipinski definition) is 5. The van der Waals surface area contributed by atoms with Crippen LogP contribution in [0.15, 0.2) is 91.0 Å². The second-order valence-electron chi connectivity index (χ2n) is 7.33. The molecule has 0 unspecified atom stereocenters. The molecule has 0 N–H and O–H groups in total. The molecular weight excluding hydrogens is 468 g/mol. The van der Waals surface area contributed by atoms with Gasteiger partial charge in [0.05, 0.1) is 19.8 Å². The molecule has 0 spiro atoms. The van der Waals surface area contributed by atoms with E-state index in [1.165, 1.54) is 0 Å². The van der Waals surface area contributed by atoms with Crippen LogP contribution in [0.3, 0.4) is 0 Å². The van der Waals surface area contributed by atoms with Gasteiger partial charge in [-0.05, 0) is 57.2 Å². The highest BCUT2D eigenvalue weighted by molar-refractivity contribution is 7.94. The molecule has 0 aromatic heterocycles. The molecular formula is C26H32NO5P2+. The van der Waals surface area contributed by atoms with E-state index in [-0.39, 0.29) is 26.1 Å². The summed E-state index contributed by atoms with van der Waals surface area (Å²) in [4.78, 5) is 13.7. The molecule has 3 aromatic rings. The predicted molar refractivity (Wildman–Crippen MR) is 140 cm³/mol. The lowest BCUT2D eigenvalue weighted by molar-refractivity contribution is 0.131. The maximum atomic E-state index is 13.8. The quantitative estimate of drug-likeness (QED) is 0.322.